The summed E-state index contributed by atoms with van der Waals surface area (Å²) in [5.41, 5.74) is 0. The van der Waals surface area contributed by atoms with Crippen LogP contribution < -0.4 is 10.6 Å². The van der Waals surface area contributed by atoms with E-state index in [4.69, 9.17) is 5.11 Å². The maximum atomic E-state index is 11.1. The maximum absolute atomic E-state index is 11.1. The average molecular weight is 202 g/mol. The van der Waals surface area contributed by atoms with Crippen molar-refractivity contribution in [3.63, 3.8) is 0 Å². The number of aliphatic carboxylic acids is 1. The molecule has 0 fully saturated rings. The second kappa shape index (κ2) is 6.37. The van der Waals surface area contributed by atoms with Crippen molar-refractivity contribution in [2.45, 2.75) is 39.3 Å². The molecule has 0 aliphatic carbocycles. The molecule has 0 aromatic heterocycles. The van der Waals surface area contributed by atoms with E-state index in [1.807, 2.05) is 13.8 Å². The molecule has 0 bridgehead atoms. The van der Waals surface area contributed by atoms with Gasteiger partial charge in [0.15, 0.2) is 0 Å². The summed E-state index contributed by atoms with van der Waals surface area (Å²) in [7, 11) is 0. The quantitative estimate of drug-likeness (QED) is 0.565. The summed E-state index contributed by atoms with van der Waals surface area (Å²) >= 11 is 0. The third-order valence-corrected chi connectivity index (χ3v) is 1.97. The lowest BCUT2D eigenvalue weighted by molar-refractivity contribution is -0.141. The van der Waals surface area contributed by atoms with E-state index in [-0.39, 0.29) is 18.5 Å². The summed E-state index contributed by atoms with van der Waals surface area (Å²) in [5, 5.41) is 13.8. The highest BCUT2D eigenvalue weighted by molar-refractivity contribution is 5.84. The zero-order chi connectivity index (χ0) is 11.1. The van der Waals surface area contributed by atoms with Crippen molar-refractivity contribution in [1.29, 1.82) is 0 Å². The molecule has 0 radical (unpaired) electrons. The molecule has 0 aliphatic rings. The van der Waals surface area contributed by atoms with Gasteiger partial charge < -0.3 is 15.7 Å². The second-order valence-electron chi connectivity index (χ2n) is 3.32. The fourth-order valence-corrected chi connectivity index (χ4v) is 0.766. The molecule has 82 valence electrons. The van der Waals surface area contributed by atoms with Crippen LogP contribution in [-0.4, -0.2) is 35.6 Å². The Labute approximate surface area is 83.9 Å². The van der Waals surface area contributed by atoms with Crippen LogP contribution in [0.4, 0.5) is 0 Å². The summed E-state index contributed by atoms with van der Waals surface area (Å²) in [6, 6.07) is -0.567. The molecule has 2 atom stereocenters. The first-order chi connectivity index (χ1) is 6.47. The molecule has 0 spiro atoms. The Morgan fingerprint density at radius 1 is 1.36 bits per heavy atom. The summed E-state index contributed by atoms with van der Waals surface area (Å²) < 4.78 is 0. The van der Waals surface area contributed by atoms with Crippen molar-refractivity contribution in [2.75, 3.05) is 6.54 Å². The second-order valence-corrected chi connectivity index (χ2v) is 3.32. The van der Waals surface area contributed by atoms with Crippen LogP contribution in [0, 0.1) is 0 Å². The Morgan fingerprint density at radius 2 is 1.93 bits per heavy atom. The number of nitrogens with one attached hydrogen (secondary N) is 2. The molecule has 0 heterocycles. The minimum atomic E-state index is -1.03. The molecular weight excluding hydrogens is 184 g/mol. The minimum absolute atomic E-state index is 0.159. The molecule has 14 heavy (non-hydrogen) atoms. The third-order valence-electron chi connectivity index (χ3n) is 1.97. The molecular formula is C9H18N2O3. The molecule has 5 nitrogen and oxygen atoms in total. The fraction of sp³-hybridized carbons (Fsp3) is 0.778. The Kier molecular flexibility index (Phi) is 5.87. The Hall–Kier alpha value is -1.10. The zero-order valence-corrected chi connectivity index (χ0v) is 8.83. The first-order valence-corrected chi connectivity index (χ1v) is 4.73. The van der Waals surface area contributed by atoms with Crippen LogP contribution in [-0.2, 0) is 9.59 Å². The standard InChI is InChI=1S/C9H18N2O3/c1-4-6(2)10-5-8(12)11-7(3)9(13)14/h6-7,10H,4-5H2,1-3H3,(H,11,12)(H,13,14)/t6?,7-/m0/s1. The third kappa shape index (κ3) is 5.53. The van der Waals surface area contributed by atoms with Gasteiger partial charge in [0.1, 0.15) is 6.04 Å². The Morgan fingerprint density at radius 3 is 2.36 bits per heavy atom. The van der Waals surface area contributed by atoms with Gasteiger partial charge in [-0.15, -0.1) is 0 Å². The van der Waals surface area contributed by atoms with Gasteiger partial charge in [-0.2, -0.15) is 0 Å². The Balaban J connectivity index is 3.71. The highest BCUT2D eigenvalue weighted by atomic mass is 16.4. The first kappa shape index (κ1) is 12.9. The van der Waals surface area contributed by atoms with E-state index in [1.54, 1.807) is 0 Å². The molecule has 0 aliphatic heterocycles. The van der Waals surface area contributed by atoms with Crippen molar-refractivity contribution in [3.05, 3.63) is 0 Å². The number of carbonyl (C=O) groups excluding carboxylic acids is 1. The largest absolute Gasteiger partial charge is 0.480 e. The lowest BCUT2D eigenvalue weighted by Crippen LogP contribution is -2.44. The molecule has 3 N–H and O–H groups in total. The van der Waals surface area contributed by atoms with Gasteiger partial charge in [-0.1, -0.05) is 6.92 Å². The summed E-state index contributed by atoms with van der Waals surface area (Å²) in [4.78, 5) is 21.5. The number of carboxylic acid groups (broad SMARTS) is 1. The number of hydrogen-bond donors (Lipinski definition) is 3. The van der Waals surface area contributed by atoms with Crippen LogP contribution in [0.2, 0.25) is 0 Å². The van der Waals surface area contributed by atoms with E-state index < -0.39 is 12.0 Å². The maximum Gasteiger partial charge on any atom is 0.325 e. The first-order valence-electron chi connectivity index (χ1n) is 4.73. The van der Waals surface area contributed by atoms with Crippen molar-refractivity contribution >= 4 is 11.9 Å². The number of hydrogen-bond acceptors (Lipinski definition) is 3. The van der Waals surface area contributed by atoms with Gasteiger partial charge in [0.2, 0.25) is 5.91 Å². The van der Waals surface area contributed by atoms with Crippen molar-refractivity contribution in [2.24, 2.45) is 0 Å². The normalized spacial score (nSPS) is 14.5. The van der Waals surface area contributed by atoms with E-state index in [9.17, 15) is 9.59 Å². The lowest BCUT2D eigenvalue weighted by Gasteiger charge is -2.12. The SMILES string of the molecule is CCC(C)NCC(=O)N[C@@H](C)C(=O)O. The van der Waals surface area contributed by atoms with Gasteiger partial charge in [0.05, 0.1) is 6.54 Å². The highest BCUT2D eigenvalue weighted by Gasteiger charge is 2.13. The van der Waals surface area contributed by atoms with E-state index in [2.05, 4.69) is 10.6 Å². The van der Waals surface area contributed by atoms with E-state index in [0.29, 0.717) is 0 Å². The molecule has 0 aromatic carbocycles. The monoisotopic (exact) mass is 202 g/mol. The highest BCUT2D eigenvalue weighted by Crippen LogP contribution is 1.86. The molecule has 1 unspecified atom stereocenters. The van der Waals surface area contributed by atoms with Crippen molar-refractivity contribution in [3.8, 4) is 0 Å². The molecule has 1 amide bonds. The molecule has 0 aromatic rings. The van der Waals surface area contributed by atoms with Crippen molar-refractivity contribution in [1.82, 2.24) is 10.6 Å². The number of amides is 1. The van der Waals surface area contributed by atoms with Gasteiger partial charge in [-0.05, 0) is 20.3 Å². The van der Waals surface area contributed by atoms with Crippen molar-refractivity contribution < 1.29 is 14.7 Å². The average Bonchev–Trinajstić information content (AvgIpc) is 2.13. The Bertz CT molecular complexity index is 206. The van der Waals surface area contributed by atoms with E-state index in [0.717, 1.165) is 6.42 Å². The summed E-state index contributed by atoms with van der Waals surface area (Å²) in [6.45, 7) is 5.57. The molecule has 0 saturated heterocycles. The molecule has 5 heteroatoms. The van der Waals surface area contributed by atoms with Gasteiger partial charge in [-0.3, -0.25) is 9.59 Å². The molecule has 0 rings (SSSR count). The minimum Gasteiger partial charge on any atom is -0.480 e. The van der Waals surface area contributed by atoms with Crippen LogP contribution in [0.1, 0.15) is 27.2 Å². The molecule has 0 saturated carbocycles. The van der Waals surface area contributed by atoms with Crippen LogP contribution in [0.25, 0.3) is 0 Å². The van der Waals surface area contributed by atoms with Crippen LogP contribution in [0.5, 0.6) is 0 Å². The van der Waals surface area contributed by atoms with Crippen LogP contribution in [0.15, 0.2) is 0 Å². The number of carboxylic acids is 1. The smallest absolute Gasteiger partial charge is 0.325 e. The fourth-order valence-electron chi connectivity index (χ4n) is 0.766. The van der Waals surface area contributed by atoms with E-state index >= 15 is 0 Å². The van der Waals surface area contributed by atoms with Crippen LogP contribution in [0.3, 0.4) is 0 Å². The van der Waals surface area contributed by atoms with Gasteiger partial charge in [0.25, 0.3) is 0 Å². The predicted octanol–water partition coefficient (Wildman–Crippen LogP) is -0.0362. The van der Waals surface area contributed by atoms with Gasteiger partial charge >= 0.3 is 5.97 Å². The summed E-state index contributed by atoms with van der Waals surface area (Å²) in [6.07, 6.45) is 0.932. The zero-order valence-electron chi connectivity index (χ0n) is 8.83. The van der Waals surface area contributed by atoms with Crippen LogP contribution >= 0.6 is 0 Å². The summed E-state index contributed by atoms with van der Waals surface area (Å²) in [5.74, 6) is -1.32. The van der Waals surface area contributed by atoms with E-state index in [1.165, 1.54) is 6.92 Å². The number of rotatable bonds is 6. The predicted molar refractivity (Wildman–Crippen MR) is 53.0 cm³/mol. The van der Waals surface area contributed by atoms with Gasteiger partial charge in [-0.25, -0.2) is 0 Å². The number of carbonyl (C=O) groups is 2. The lowest BCUT2D eigenvalue weighted by atomic mass is 10.2. The topological polar surface area (TPSA) is 78.4 Å². The van der Waals surface area contributed by atoms with Gasteiger partial charge in [0, 0.05) is 6.04 Å².